The van der Waals surface area contributed by atoms with Crippen LogP contribution in [0.4, 0.5) is 4.39 Å². The Morgan fingerprint density at radius 3 is 2.94 bits per heavy atom. The molecule has 0 aliphatic carbocycles. The summed E-state index contributed by atoms with van der Waals surface area (Å²) in [7, 11) is 1.50. The molecule has 0 aromatic heterocycles. The number of ether oxygens (including phenoxy) is 1. The van der Waals surface area contributed by atoms with E-state index in [9.17, 15) is 9.50 Å². The SMILES string of the molecule is COc1cc(F)c2c(c1)C(O)CC(C)SC2. The van der Waals surface area contributed by atoms with Crippen molar-refractivity contribution in [2.75, 3.05) is 7.11 Å². The highest BCUT2D eigenvalue weighted by Crippen LogP contribution is 2.37. The monoisotopic (exact) mass is 242 g/mol. The zero-order valence-corrected chi connectivity index (χ0v) is 10.2. The fraction of sp³-hybridized carbons (Fsp3) is 0.500. The van der Waals surface area contributed by atoms with E-state index in [4.69, 9.17) is 4.74 Å². The van der Waals surface area contributed by atoms with Gasteiger partial charge in [-0.2, -0.15) is 11.8 Å². The van der Waals surface area contributed by atoms with Gasteiger partial charge in [0.1, 0.15) is 11.6 Å². The minimum atomic E-state index is -0.593. The number of aliphatic hydroxyl groups excluding tert-OH is 1. The first-order valence-corrected chi connectivity index (χ1v) is 6.32. The average molecular weight is 242 g/mol. The molecule has 0 saturated heterocycles. The van der Waals surface area contributed by atoms with Gasteiger partial charge in [0.15, 0.2) is 0 Å². The lowest BCUT2D eigenvalue weighted by atomic mass is 9.99. The predicted molar refractivity (Wildman–Crippen MR) is 63.3 cm³/mol. The quantitative estimate of drug-likeness (QED) is 0.821. The van der Waals surface area contributed by atoms with Crippen LogP contribution in [0.3, 0.4) is 0 Å². The van der Waals surface area contributed by atoms with E-state index >= 15 is 0 Å². The summed E-state index contributed by atoms with van der Waals surface area (Å²) in [6.07, 6.45) is 0.0641. The van der Waals surface area contributed by atoms with E-state index in [1.165, 1.54) is 13.2 Å². The van der Waals surface area contributed by atoms with Crippen molar-refractivity contribution in [1.29, 1.82) is 0 Å². The molecule has 2 atom stereocenters. The minimum Gasteiger partial charge on any atom is -0.497 e. The lowest BCUT2D eigenvalue weighted by Crippen LogP contribution is -2.05. The van der Waals surface area contributed by atoms with Crippen molar-refractivity contribution in [3.05, 3.63) is 29.1 Å². The third-order valence-electron chi connectivity index (χ3n) is 2.87. The zero-order valence-electron chi connectivity index (χ0n) is 9.37. The Labute approximate surface area is 98.8 Å². The van der Waals surface area contributed by atoms with Crippen molar-refractivity contribution < 1.29 is 14.2 Å². The Morgan fingerprint density at radius 1 is 1.50 bits per heavy atom. The van der Waals surface area contributed by atoms with Crippen LogP contribution in [0.1, 0.15) is 30.6 Å². The van der Waals surface area contributed by atoms with E-state index in [-0.39, 0.29) is 5.82 Å². The number of methoxy groups -OCH3 is 1. The molecule has 1 aromatic rings. The van der Waals surface area contributed by atoms with Gasteiger partial charge >= 0.3 is 0 Å². The van der Waals surface area contributed by atoms with Crippen LogP contribution in [0.2, 0.25) is 0 Å². The number of halogens is 1. The van der Waals surface area contributed by atoms with Crippen LogP contribution < -0.4 is 4.74 Å². The van der Waals surface area contributed by atoms with Gasteiger partial charge in [-0.15, -0.1) is 0 Å². The third-order valence-corrected chi connectivity index (χ3v) is 4.08. The third kappa shape index (κ3) is 2.18. The molecule has 1 heterocycles. The number of rotatable bonds is 1. The number of fused-ring (bicyclic) bond motifs is 1. The molecule has 0 radical (unpaired) electrons. The normalized spacial score (nSPS) is 24.8. The first-order chi connectivity index (χ1) is 7.61. The number of hydrogen-bond donors (Lipinski definition) is 1. The zero-order chi connectivity index (χ0) is 11.7. The number of hydrogen-bond acceptors (Lipinski definition) is 3. The molecule has 2 nitrogen and oxygen atoms in total. The Bertz CT molecular complexity index is 395. The molecule has 1 N–H and O–H groups in total. The van der Waals surface area contributed by atoms with Crippen molar-refractivity contribution in [2.45, 2.75) is 30.5 Å². The maximum atomic E-state index is 13.8. The van der Waals surface area contributed by atoms with Crippen molar-refractivity contribution in [3.63, 3.8) is 0 Å². The van der Waals surface area contributed by atoms with E-state index in [2.05, 4.69) is 6.92 Å². The van der Waals surface area contributed by atoms with Gasteiger partial charge in [0.2, 0.25) is 0 Å². The van der Waals surface area contributed by atoms with E-state index in [1.54, 1.807) is 17.8 Å². The van der Waals surface area contributed by atoms with Crippen molar-refractivity contribution in [3.8, 4) is 5.75 Å². The predicted octanol–water partition coefficient (Wildman–Crippen LogP) is 2.89. The summed E-state index contributed by atoms with van der Waals surface area (Å²) in [6, 6.07) is 3.11. The van der Waals surface area contributed by atoms with Crippen LogP contribution in [0.5, 0.6) is 5.75 Å². The molecular weight excluding hydrogens is 227 g/mol. The van der Waals surface area contributed by atoms with E-state index in [0.29, 0.717) is 34.3 Å². The number of aliphatic hydroxyl groups is 1. The first kappa shape index (κ1) is 11.7. The van der Waals surface area contributed by atoms with Crippen LogP contribution in [0, 0.1) is 5.82 Å². The second kappa shape index (κ2) is 4.63. The van der Waals surface area contributed by atoms with Crippen LogP contribution >= 0.6 is 11.8 Å². The van der Waals surface area contributed by atoms with E-state index in [1.807, 2.05) is 0 Å². The highest BCUT2D eigenvalue weighted by Gasteiger charge is 2.24. The summed E-state index contributed by atoms with van der Waals surface area (Å²) >= 11 is 1.67. The maximum Gasteiger partial charge on any atom is 0.131 e. The molecule has 0 amide bonds. The van der Waals surface area contributed by atoms with Crippen LogP contribution in [-0.2, 0) is 5.75 Å². The molecule has 0 saturated carbocycles. The van der Waals surface area contributed by atoms with Gasteiger partial charge in [0.25, 0.3) is 0 Å². The second-order valence-corrected chi connectivity index (χ2v) is 5.48. The van der Waals surface area contributed by atoms with Crippen molar-refractivity contribution in [2.24, 2.45) is 0 Å². The molecule has 1 aliphatic heterocycles. The van der Waals surface area contributed by atoms with Gasteiger partial charge in [-0.05, 0) is 18.1 Å². The van der Waals surface area contributed by atoms with Gasteiger partial charge in [0, 0.05) is 22.6 Å². The lowest BCUT2D eigenvalue weighted by Gasteiger charge is -2.14. The smallest absolute Gasteiger partial charge is 0.131 e. The summed E-state index contributed by atoms with van der Waals surface area (Å²) in [5.41, 5.74) is 1.29. The highest BCUT2D eigenvalue weighted by atomic mass is 32.2. The number of thioether (sulfide) groups is 1. The second-order valence-electron chi connectivity index (χ2n) is 4.05. The standard InChI is InChI=1S/C12H15FO2S/c1-7-3-12(14)9-4-8(15-2)5-11(13)10(9)6-16-7/h4-5,7,12,14H,3,6H2,1-2H3. The molecule has 1 aliphatic rings. The topological polar surface area (TPSA) is 29.5 Å². The Kier molecular flexibility index (Phi) is 3.40. The fourth-order valence-corrected chi connectivity index (χ4v) is 3.01. The van der Waals surface area contributed by atoms with Gasteiger partial charge in [-0.3, -0.25) is 0 Å². The van der Waals surface area contributed by atoms with E-state index < -0.39 is 6.10 Å². The molecule has 16 heavy (non-hydrogen) atoms. The summed E-state index contributed by atoms with van der Waals surface area (Å²) in [6.45, 7) is 2.05. The van der Waals surface area contributed by atoms with Crippen LogP contribution in [0.25, 0.3) is 0 Å². The maximum absolute atomic E-state index is 13.8. The minimum absolute atomic E-state index is 0.282. The molecule has 1 aromatic carbocycles. The molecule has 0 fully saturated rings. The summed E-state index contributed by atoms with van der Waals surface area (Å²) in [5.74, 6) is 0.800. The lowest BCUT2D eigenvalue weighted by molar-refractivity contribution is 0.167. The average Bonchev–Trinajstić information content (AvgIpc) is 2.39. The van der Waals surface area contributed by atoms with Crippen LogP contribution in [-0.4, -0.2) is 17.5 Å². The summed E-state index contributed by atoms with van der Waals surface area (Å²) in [5, 5.41) is 10.4. The summed E-state index contributed by atoms with van der Waals surface area (Å²) in [4.78, 5) is 0. The molecule has 2 rings (SSSR count). The first-order valence-electron chi connectivity index (χ1n) is 5.27. The largest absolute Gasteiger partial charge is 0.497 e. The van der Waals surface area contributed by atoms with Crippen molar-refractivity contribution in [1.82, 2.24) is 0 Å². The Hall–Kier alpha value is -0.740. The van der Waals surface area contributed by atoms with Gasteiger partial charge < -0.3 is 9.84 Å². The van der Waals surface area contributed by atoms with Gasteiger partial charge in [0.05, 0.1) is 13.2 Å². The number of benzene rings is 1. The molecule has 4 heteroatoms. The fourth-order valence-electron chi connectivity index (χ4n) is 1.93. The van der Waals surface area contributed by atoms with Gasteiger partial charge in [-0.25, -0.2) is 4.39 Å². The van der Waals surface area contributed by atoms with Gasteiger partial charge in [-0.1, -0.05) is 6.92 Å². The molecule has 0 spiro atoms. The van der Waals surface area contributed by atoms with E-state index in [0.717, 1.165) is 0 Å². The highest BCUT2D eigenvalue weighted by molar-refractivity contribution is 7.99. The Balaban J connectivity index is 2.47. The summed E-state index contributed by atoms with van der Waals surface area (Å²) < 4.78 is 18.8. The van der Waals surface area contributed by atoms with Crippen molar-refractivity contribution >= 4 is 11.8 Å². The molecular formula is C12H15FO2S. The Morgan fingerprint density at radius 2 is 2.25 bits per heavy atom. The molecule has 88 valence electrons. The van der Waals surface area contributed by atoms with Crippen LogP contribution in [0.15, 0.2) is 12.1 Å². The molecule has 2 unspecified atom stereocenters. The molecule has 0 bridgehead atoms.